The van der Waals surface area contributed by atoms with E-state index in [1.54, 1.807) is 11.3 Å². The van der Waals surface area contributed by atoms with Crippen LogP contribution in [0.1, 0.15) is 46.3 Å². The number of hydrogen-bond acceptors (Lipinski definition) is 4. The molecule has 2 aliphatic rings. The van der Waals surface area contributed by atoms with Crippen molar-refractivity contribution in [1.29, 1.82) is 0 Å². The first kappa shape index (κ1) is 16.9. The minimum absolute atomic E-state index is 0.102. The van der Waals surface area contributed by atoms with Gasteiger partial charge in [-0.2, -0.15) is 0 Å². The Morgan fingerprint density at radius 1 is 1.39 bits per heavy atom. The Hall–Kier alpha value is -0.910. The van der Waals surface area contributed by atoms with E-state index in [9.17, 15) is 9.90 Å². The van der Waals surface area contributed by atoms with Gasteiger partial charge < -0.3 is 14.7 Å². The molecule has 2 atom stereocenters. The molecule has 2 aliphatic heterocycles. The monoisotopic (exact) mass is 337 g/mol. The van der Waals surface area contributed by atoms with E-state index in [1.807, 2.05) is 17.9 Å². The molecule has 128 valence electrons. The lowest BCUT2D eigenvalue weighted by atomic mass is 9.70. The molecule has 0 saturated carbocycles. The smallest absolute Gasteiger partial charge is 0.263 e. The fourth-order valence-corrected chi connectivity index (χ4v) is 4.97. The molecule has 0 unspecified atom stereocenters. The van der Waals surface area contributed by atoms with Gasteiger partial charge in [-0.25, -0.2) is 0 Å². The zero-order valence-electron chi connectivity index (χ0n) is 14.3. The molecule has 1 N–H and O–H groups in total. The molecular formula is C18H27NO3S. The molecule has 23 heavy (non-hydrogen) atoms. The number of piperidine rings is 1. The standard InChI is InChI=1S/C18H27NO3S/c1-12-10-16(23-14(12)3)17(20)19-7-6-18(21,13(2)11-19)15-4-8-22-9-5-15/h10,13,15,21H,4-9,11H2,1-3H3/t13-,18+/m1/s1. The Labute approximate surface area is 142 Å². The number of amides is 1. The molecule has 0 bridgehead atoms. The lowest BCUT2D eigenvalue weighted by Crippen LogP contribution is -2.56. The average molecular weight is 337 g/mol. The zero-order valence-corrected chi connectivity index (χ0v) is 15.1. The number of nitrogens with zero attached hydrogens (tertiary/aromatic N) is 1. The molecule has 3 rings (SSSR count). The summed E-state index contributed by atoms with van der Waals surface area (Å²) in [6.45, 7) is 8.96. The van der Waals surface area contributed by atoms with E-state index < -0.39 is 5.60 Å². The molecular weight excluding hydrogens is 310 g/mol. The largest absolute Gasteiger partial charge is 0.389 e. The number of carbonyl (C=O) groups is 1. The molecule has 1 aromatic heterocycles. The van der Waals surface area contributed by atoms with E-state index in [2.05, 4.69) is 13.8 Å². The van der Waals surface area contributed by atoms with E-state index in [4.69, 9.17) is 4.74 Å². The number of thiophene rings is 1. The van der Waals surface area contributed by atoms with Gasteiger partial charge in [0.05, 0.1) is 10.5 Å². The van der Waals surface area contributed by atoms with Crippen LogP contribution < -0.4 is 0 Å². The van der Waals surface area contributed by atoms with Crippen molar-refractivity contribution in [1.82, 2.24) is 4.90 Å². The van der Waals surface area contributed by atoms with E-state index in [1.165, 1.54) is 10.4 Å². The summed E-state index contributed by atoms with van der Waals surface area (Å²) < 4.78 is 5.43. The third kappa shape index (κ3) is 3.19. The molecule has 2 saturated heterocycles. The maximum atomic E-state index is 12.7. The number of aryl methyl sites for hydroxylation is 2. The molecule has 2 fully saturated rings. The summed E-state index contributed by atoms with van der Waals surface area (Å²) >= 11 is 1.58. The summed E-state index contributed by atoms with van der Waals surface area (Å²) in [5.41, 5.74) is 0.532. The fraction of sp³-hybridized carbons (Fsp3) is 0.722. The second-order valence-corrected chi connectivity index (χ2v) is 8.39. The van der Waals surface area contributed by atoms with Crippen LogP contribution in [0.15, 0.2) is 6.07 Å². The first-order valence-corrected chi connectivity index (χ1v) is 9.40. The van der Waals surface area contributed by atoms with Gasteiger partial charge in [-0.05, 0) is 50.7 Å². The third-order valence-electron chi connectivity index (χ3n) is 5.72. The number of hydrogen-bond donors (Lipinski definition) is 1. The Bertz CT molecular complexity index is 559. The van der Waals surface area contributed by atoms with Gasteiger partial charge in [-0.3, -0.25) is 4.79 Å². The molecule has 1 amide bonds. The van der Waals surface area contributed by atoms with Gasteiger partial charge in [0.2, 0.25) is 0 Å². The predicted molar refractivity (Wildman–Crippen MR) is 92.0 cm³/mol. The van der Waals surface area contributed by atoms with Crippen LogP contribution in [0.2, 0.25) is 0 Å². The van der Waals surface area contributed by atoms with Crippen LogP contribution >= 0.6 is 11.3 Å². The van der Waals surface area contributed by atoms with E-state index in [0.717, 1.165) is 30.9 Å². The SMILES string of the molecule is Cc1cc(C(=O)N2CC[C@@](O)(C3CCOCC3)[C@H](C)C2)sc1C. The summed E-state index contributed by atoms with van der Waals surface area (Å²) in [6.07, 6.45) is 2.53. The molecule has 4 nitrogen and oxygen atoms in total. The van der Waals surface area contributed by atoms with Crippen LogP contribution in [0.25, 0.3) is 0 Å². The maximum Gasteiger partial charge on any atom is 0.263 e. The van der Waals surface area contributed by atoms with Crippen molar-refractivity contribution in [2.45, 2.75) is 45.6 Å². The number of carbonyl (C=O) groups excluding carboxylic acids is 1. The molecule has 0 aliphatic carbocycles. The Balaban J connectivity index is 1.69. The van der Waals surface area contributed by atoms with Crippen molar-refractivity contribution in [3.05, 3.63) is 21.4 Å². The highest BCUT2D eigenvalue weighted by atomic mass is 32.1. The predicted octanol–water partition coefficient (Wildman–Crippen LogP) is 3.00. The van der Waals surface area contributed by atoms with Crippen molar-refractivity contribution in [3.63, 3.8) is 0 Å². The number of likely N-dealkylation sites (tertiary alicyclic amines) is 1. The van der Waals surface area contributed by atoms with Gasteiger partial charge in [-0.1, -0.05) is 6.92 Å². The molecule has 3 heterocycles. The number of rotatable bonds is 2. The maximum absolute atomic E-state index is 12.7. The summed E-state index contributed by atoms with van der Waals surface area (Å²) in [6, 6.07) is 1.99. The number of ether oxygens (including phenoxy) is 1. The zero-order chi connectivity index (χ0) is 16.6. The van der Waals surface area contributed by atoms with E-state index in [0.29, 0.717) is 25.4 Å². The summed E-state index contributed by atoms with van der Waals surface area (Å²) in [5, 5.41) is 11.2. The van der Waals surface area contributed by atoms with E-state index >= 15 is 0 Å². The van der Waals surface area contributed by atoms with E-state index in [-0.39, 0.29) is 11.8 Å². The summed E-state index contributed by atoms with van der Waals surface area (Å²) in [7, 11) is 0. The fourth-order valence-electron chi connectivity index (χ4n) is 3.96. The number of aliphatic hydroxyl groups is 1. The lowest BCUT2D eigenvalue weighted by Gasteiger charge is -2.48. The minimum atomic E-state index is -0.651. The van der Waals surface area contributed by atoms with Gasteiger partial charge in [0.15, 0.2) is 0 Å². The van der Waals surface area contributed by atoms with Crippen LogP contribution in [0.4, 0.5) is 0 Å². The summed E-state index contributed by atoms with van der Waals surface area (Å²) in [4.78, 5) is 16.7. The molecule has 1 aromatic rings. The average Bonchev–Trinajstić information content (AvgIpc) is 2.89. The topological polar surface area (TPSA) is 49.8 Å². The van der Waals surface area contributed by atoms with Gasteiger partial charge in [0.25, 0.3) is 5.91 Å². The molecule has 0 spiro atoms. The van der Waals surface area contributed by atoms with Gasteiger partial charge in [0, 0.05) is 37.1 Å². The molecule has 5 heteroatoms. The highest BCUT2D eigenvalue weighted by molar-refractivity contribution is 7.14. The quantitative estimate of drug-likeness (QED) is 0.902. The molecule has 0 radical (unpaired) electrons. The van der Waals surface area contributed by atoms with Crippen molar-refractivity contribution in [2.75, 3.05) is 26.3 Å². The second-order valence-electron chi connectivity index (χ2n) is 7.13. The molecule has 0 aromatic carbocycles. The highest BCUT2D eigenvalue weighted by Gasteiger charge is 2.46. The normalized spacial score (nSPS) is 29.7. The Morgan fingerprint density at radius 2 is 2.09 bits per heavy atom. The van der Waals surface area contributed by atoms with Crippen LogP contribution in [-0.2, 0) is 4.74 Å². The van der Waals surface area contributed by atoms with Gasteiger partial charge in [-0.15, -0.1) is 11.3 Å². The second kappa shape index (κ2) is 6.54. The van der Waals surface area contributed by atoms with Crippen molar-refractivity contribution < 1.29 is 14.6 Å². The van der Waals surface area contributed by atoms with Crippen molar-refractivity contribution in [3.8, 4) is 0 Å². The lowest BCUT2D eigenvalue weighted by molar-refractivity contribution is -0.125. The van der Waals surface area contributed by atoms with Gasteiger partial charge in [0.1, 0.15) is 0 Å². The summed E-state index contributed by atoms with van der Waals surface area (Å²) in [5.74, 6) is 0.521. The first-order valence-electron chi connectivity index (χ1n) is 8.58. The third-order valence-corrected chi connectivity index (χ3v) is 6.86. The highest BCUT2D eigenvalue weighted by Crippen LogP contribution is 2.39. The minimum Gasteiger partial charge on any atom is -0.389 e. The van der Waals surface area contributed by atoms with Crippen LogP contribution in [0, 0.1) is 25.7 Å². The van der Waals surface area contributed by atoms with Crippen LogP contribution in [0.5, 0.6) is 0 Å². The van der Waals surface area contributed by atoms with Crippen LogP contribution in [-0.4, -0.2) is 47.8 Å². The van der Waals surface area contributed by atoms with Crippen molar-refractivity contribution >= 4 is 17.2 Å². The first-order chi connectivity index (χ1) is 10.9. The van der Waals surface area contributed by atoms with Crippen molar-refractivity contribution in [2.24, 2.45) is 11.8 Å². The van der Waals surface area contributed by atoms with Gasteiger partial charge >= 0.3 is 0 Å². The van der Waals surface area contributed by atoms with Crippen LogP contribution in [0.3, 0.4) is 0 Å². The Kier molecular flexibility index (Phi) is 4.81. The Morgan fingerprint density at radius 3 is 2.65 bits per heavy atom.